The summed E-state index contributed by atoms with van der Waals surface area (Å²) in [5.74, 6) is 2.04. The molecule has 0 aliphatic heterocycles. The zero-order chi connectivity index (χ0) is 26.5. The van der Waals surface area contributed by atoms with Crippen LogP contribution in [0, 0.1) is 0 Å². The molecule has 1 rings (SSSR count). The van der Waals surface area contributed by atoms with Crippen LogP contribution in [0.25, 0.3) is 0 Å². The Bertz CT molecular complexity index is 509. The van der Waals surface area contributed by atoms with Gasteiger partial charge in [0.05, 0.1) is 0 Å². The van der Waals surface area contributed by atoms with Crippen molar-refractivity contribution in [1.29, 1.82) is 0 Å². The predicted molar refractivity (Wildman–Crippen MR) is 166 cm³/mol. The molecule has 0 saturated heterocycles. The van der Waals surface area contributed by atoms with E-state index in [0.29, 0.717) is 14.5 Å². The van der Waals surface area contributed by atoms with Gasteiger partial charge in [-0.3, -0.25) is 0 Å². The van der Waals surface area contributed by atoms with Crippen molar-refractivity contribution in [2.75, 3.05) is 13.2 Å². The van der Waals surface area contributed by atoms with Crippen molar-refractivity contribution in [1.82, 2.24) is 0 Å². The standard InChI is InChI=1S/C34H64O2Se/c1-3-5-7-9-11-13-15-17-19-21-23-25-27-29-35-33-31-37-32-34(33)36-30-28-26-24-22-20-18-16-14-12-10-8-6-4-2/h31-32H,3-30H2,1-2H3. The summed E-state index contributed by atoms with van der Waals surface area (Å²) in [6, 6.07) is 0. The third-order valence-electron chi connectivity index (χ3n) is 7.60. The van der Waals surface area contributed by atoms with Crippen LogP contribution in [0.1, 0.15) is 181 Å². The second kappa shape index (κ2) is 28.6. The van der Waals surface area contributed by atoms with Crippen molar-refractivity contribution in [3.05, 3.63) is 9.88 Å². The van der Waals surface area contributed by atoms with Crippen molar-refractivity contribution >= 4 is 14.5 Å². The third-order valence-corrected chi connectivity index (χ3v) is 9.07. The van der Waals surface area contributed by atoms with Crippen molar-refractivity contribution in [3.63, 3.8) is 0 Å². The Labute approximate surface area is 238 Å². The van der Waals surface area contributed by atoms with Gasteiger partial charge in [0.1, 0.15) is 0 Å². The van der Waals surface area contributed by atoms with E-state index in [1.807, 2.05) is 0 Å². The van der Waals surface area contributed by atoms with Crippen LogP contribution in [0.5, 0.6) is 11.5 Å². The van der Waals surface area contributed by atoms with Gasteiger partial charge in [-0.1, -0.05) is 78.1 Å². The van der Waals surface area contributed by atoms with Crippen molar-refractivity contribution in [2.24, 2.45) is 0 Å². The van der Waals surface area contributed by atoms with E-state index in [0.717, 1.165) is 24.7 Å². The molecule has 218 valence electrons. The van der Waals surface area contributed by atoms with Crippen molar-refractivity contribution in [2.45, 2.75) is 181 Å². The second-order valence-corrected chi connectivity index (χ2v) is 12.8. The van der Waals surface area contributed by atoms with Crippen LogP contribution in [0.4, 0.5) is 0 Å². The summed E-state index contributed by atoms with van der Waals surface area (Å²) in [5, 5.41) is 0. The summed E-state index contributed by atoms with van der Waals surface area (Å²) >= 11 is 0.413. The average Bonchev–Trinajstić information content (AvgIpc) is 3.36. The summed E-state index contributed by atoms with van der Waals surface area (Å²) in [4.78, 5) is 4.49. The molecule has 37 heavy (non-hydrogen) atoms. The first kappa shape index (κ1) is 34.6. The molecule has 0 aromatic carbocycles. The molecule has 0 aliphatic carbocycles. The third kappa shape index (κ3) is 23.2. The van der Waals surface area contributed by atoms with Crippen LogP contribution in [0.2, 0.25) is 0 Å². The molecule has 0 amide bonds. The molecule has 0 saturated carbocycles. The zero-order valence-electron chi connectivity index (χ0n) is 25.2. The molecule has 0 fully saturated rings. The molecule has 0 unspecified atom stereocenters. The quantitative estimate of drug-likeness (QED) is 0.0662. The van der Waals surface area contributed by atoms with Gasteiger partial charge in [-0.2, -0.15) is 0 Å². The fraction of sp³-hybridized carbons (Fsp3) is 0.882. The molecule has 1 aromatic heterocycles. The average molecular weight is 584 g/mol. The second-order valence-electron chi connectivity index (χ2n) is 11.3. The maximum atomic E-state index is 6.07. The van der Waals surface area contributed by atoms with Gasteiger partial charge in [0.25, 0.3) is 0 Å². The van der Waals surface area contributed by atoms with Crippen molar-refractivity contribution < 1.29 is 9.47 Å². The van der Waals surface area contributed by atoms with Gasteiger partial charge in [0.15, 0.2) is 0 Å². The first-order chi connectivity index (χ1) is 18.4. The van der Waals surface area contributed by atoms with Gasteiger partial charge >= 0.3 is 161 Å². The summed E-state index contributed by atoms with van der Waals surface area (Å²) in [5.41, 5.74) is 0. The van der Waals surface area contributed by atoms with Crippen LogP contribution >= 0.6 is 0 Å². The molecule has 3 heteroatoms. The minimum absolute atomic E-state index is 0.413. The maximum absolute atomic E-state index is 6.07. The van der Waals surface area contributed by atoms with Gasteiger partial charge in [-0.15, -0.1) is 0 Å². The Hall–Kier alpha value is -0.401. The predicted octanol–water partition coefficient (Wildman–Crippen LogP) is 11.7. The molecule has 2 nitrogen and oxygen atoms in total. The number of hydrogen-bond donors (Lipinski definition) is 0. The Morgan fingerprint density at radius 2 is 0.622 bits per heavy atom. The normalized spacial score (nSPS) is 11.3. The zero-order valence-corrected chi connectivity index (χ0v) is 26.9. The number of ether oxygens (including phenoxy) is 2. The topological polar surface area (TPSA) is 18.5 Å². The molecule has 1 heterocycles. The van der Waals surface area contributed by atoms with E-state index in [9.17, 15) is 0 Å². The van der Waals surface area contributed by atoms with E-state index in [4.69, 9.17) is 9.47 Å². The van der Waals surface area contributed by atoms with Crippen molar-refractivity contribution in [3.8, 4) is 11.5 Å². The Balaban J connectivity index is 1.85. The van der Waals surface area contributed by atoms with Gasteiger partial charge in [-0.25, -0.2) is 0 Å². The molecule has 0 N–H and O–H groups in total. The molecular formula is C34H64O2Se. The van der Waals surface area contributed by atoms with E-state index in [2.05, 4.69) is 23.7 Å². The minimum Gasteiger partial charge on any atom is -0.0654 e. The Kier molecular flexibility index (Phi) is 26.8. The van der Waals surface area contributed by atoms with E-state index >= 15 is 0 Å². The first-order valence-corrected chi connectivity index (χ1v) is 18.7. The van der Waals surface area contributed by atoms with Crippen LogP contribution in [-0.4, -0.2) is 27.7 Å². The fourth-order valence-corrected chi connectivity index (χ4v) is 6.52. The monoisotopic (exact) mass is 584 g/mol. The molecule has 0 radical (unpaired) electrons. The van der Waals surface area contributed by atoms with E-state index in [-0.39, 0.29) is 0 Å². The van der Waals surface area contributed by atoms with Gasteiger partial charge < -0.3 is 0 Å². The fourth-order valence-electron chi connectivity index (χ4n) is 5.09. The molecule has 0 atom stereocenters. The Morgan fingerprint density at radius 1 is 0.378 bits per heavy atom. The van der Waals surface area contributed by atoms with E-state index in [1.165, 1.54) is 167 Å². The first-order valence-electron chi connectivity index (χ1n) is 16.7. The number of hydrogen-bond acceptors (Lipinski definition) is 2. The molecule has 0 spiro atoms. The van der Waals surface area contributed by atoms with Crippen LogP contribution in [-0.2, 0) is 0 Å². The van der Waals surface area contributed by atoms with E-state index < -0.39 is 0 Å². The Morgan fingerprint density at radius 3 is 0.892 bits per heavy atom. The summed E-state index contributed by atoms with van der Waals surface area (Å²) in [7, 11) is 0. The SMILES string of the molecule is CCCCCCCCCCCCCCCOc1c[se]cc1OCCCCCCCCCCCCCCC. The van der Waals surface area contributed by atoms with Gasteiger partial charge in [0.2, 0.25) is 0 Å². The number of rotatable bonds is 30. The molecule has 0 aliphatic rings. The van der Waals surface area contributed by atoms with Crippen LogP contribution in [0.3, 0.4) is 0 Å². The molecular weight excluding hydrogens is 519 g/mol. The van der Waals surface area contributed by atoms with Crippen LogP contribution < -0.4 is 9.47 Å². The molecule has 0 bridgehead atoms. The van der Waals surface area contributed by atoms with E-state index in [1.54, 1.807) is 0 Å². The number of unbranched alkanes of at least 4 members (excludes halogenated alkanes) is 24. The summed E-state index contributed by atoms with van der Waals surface area (Å²) in [6.45, 7) is 6.28. The summed E-state index contributed by atoms with van der Waals surface area (Å²) in [6.07, 6.45) is 36.2. The minimum atomic E-state index is 0.413. The smallest absolute Gasteiger partial charge is 0.0654 e. The molecule has 1 aromatic rings. The van der Waals surface area contributed by atoms with Gasteiger partial charge in [-0.05, 0) is 0 Å². The van der Waals surface area contributed by atoms with Gasteiger partial charge in [0, 0.05) is 0 Å². The van der Waals surface area contributed by atoms with Crippen LogP contribution in [0.15, 0.2) is 9.88 Å². The summed E-state index contributed by atoms with van der Waals surface area (Å²) < 4.78 is 12.1.